The van der Waals surface area contributed by atoms with E-state index in [4.69, 9.17) is 5.11 Å². The van der Waals surface area contributed by atoms with Crippen molar-refractivity contribution in [1.29, 1.82) is 0 Å². The molecule has 0 aliphatic rings. The average molecular weight is 326 g/mol. The standard InChI is InChI=1S/C16H31NO3.K.H/c1-2-3-4-5-6-7-8-9-10-12-15(18)17-14-11-13-16(19)20;;/h2-14H2,1H3,(H,17,18)(H,19,20);;/q;+1;-1. The summed E-state index contributed by atoms with van der Waals surface area (Å²) in [5.41, 5.74) is 0. The number of carboxylic acid groups (broad SMARTS) is 1. The van der Waals surface area contributed by atoms with Crippen molar-refractivity contribution in [2.24, 2.45) is 0 Å². The summed E-state index contributed by atoms with van der Waals surface area (Å²) in [6, 6.07) is 0. The number of nitrogens with one attached hydrogen (secondary N) is 1. The van der Waals surface area contributed by atoms with Gasteiger partial charge in [0, 0.05) is 19.4 Å². The van der Waals surface area contributed by atoms with Gasteiger partial charge in [0.05, 0.1) is 0 Å². The smallest absolute Gasteiger partial charge is 1.00 e. The summed E-state index contributed by atoms with van der Waals surface area (Å²) in [4.78, 5) is 21.7. The zero-order valence-electron chi connectivity index (χ0n) is 15.0. The molecule has 0 aliphatic carbocycles. The van der Waals surface area contributed by atoms with Gasteiger partial charge in [-0.25, -0.2) is 0 Å². The fourth-order valence-corrected chi connectivity index (χ4v) is 2.15. The van der Waals surface area contributed by atoms with Gasteiger partial charge in [-0.3, -0.25) is 9.59 Å². The topological polar surface area (TPSA) is 66.4 Å². The van der Waals surface area contributed by atoms with Crippen molar-refractivity contribution < 1.29 is 67.5 Å². The van der Waals surface area contributed by atoms with E-state index in [2.05, 4.69) is 12.2 Å². The maximum absolute atomic E-state index is 11.4. The second-order valence-corrected chi connectivity index (χ2v) is 5.43. The van der Waals surface area contributed by atoms with Gasteiger partial charge in [0.1, 0.15) is 0 Å². The first-order valence-corrected chi connectivity index (χ1v) is 8.15. The minimum atomic E-state index is -0.807. The van der Waals surface area contributed by atoms with Gasteiger partial charge in [-0.05, 0) is 12.8 Å². The Balaban J connectivity index is -0.00000180. The molecule has 1 amide bonds. The fourth-order valence-electron chi connectivity index (χ4n) is 2.15. The molecule has 0 aromatic carbocycles. The molecule has 0 saturated carbocycles. The summed E-state index contributed by atoms with van der Waals surface area (Å²) >= 11 is 0. The number of hydrogen-bond acceptors (Lipinski definition) is 2. The van der Waals surface area contributed by atoms with Gasteiger partial charge in [-0.2, -0.15) is 0 Å². The van der Waals surface area contributed by atoms with Gasteiger partial charge >= 0.3 is 57.4 Å². The fraction of sp³-hybridized carbons (Fsp3) is 0.875. The van der Waals surface area contributed by atoms with Crippen molar-refractivity contribution in [2.75, 3.05) is 6.54 Å². The van der Waals surface area contributed by atoms with Gasteiger partial charge in [0.25, 0.3) is 0 Å². The van der Waals surface area contributed by atoms with Crippen molar-refractivity contribution in [3.8, 4) is 0 Å². The van der Waals surface area contributed by atoms with Crippen molar-refractivity contribution in [3.05, 3.63) is 0 Å². The quantitative estimate of drug-likeness (QED) is 0.370. The Hall–Kier alpha value is 0.576. The van der Waals surface area contributed by atoms with Gasteiger partial charge in [0.15, 0.2) is 0 Å². The van der Waals surface area contributed by atoms with Crippen LogP contribution in [0.4, 0.5) is 0 Å². The van der Waals surface area contributed by atoms with E-state index in [0.29, 0.717) is 19.4 Å². The number of aliphatic carboxylic acids is 1. The minimum Gasteiger partial charge on any atom is -1.00 e. The molecule has 0 bridgehead atoms. The maximum atomic E-state index is 11.4. The Kier molecular flexibility index (Phi) is 21.1. The van der Waals surface area contributed by atoms with Gasteiger partial charge < -0.3 is 11.8 Å². The molecule has 0 aromatic heterocycles. The van der Waals surface area contributed by atoms with Gasteiger partial charge in [0.2, 0.25) is 5.91 Å². The molecule has 5 heteroatoms. The molecule has 21 heavy (non-hydrogen) atoms. The van der Waals surface area contributed by atoms with Crippen LogP contribution in [0.25, 0.3) is 0 Å². The van der Waals surface area contributed by atoms with Crippen LogP contribution in [0.15, 0.2) is 0 Å². The van der Waals surface area contributed by atoms with E-state index in [1.165, 1.54) is 44.9 Å². The first-order chi connectivity index (χ1) is 9.66. The predicted octanol–water partition coefficient (Wildman–Crippen LogP) is 1.00. The maximum Gasteiger partial charge on any atom is 1.00 e. The summed E-state index contributed by atoms with van der Waals surface area (Å²) < 4.78 is 0. The zero-order chi connectivity index (χ0) is 15.1. The molecule has 0 aromatic rings. The second kappa shape index (κ2) is 18.6. The van der Waals surface area contributed by atoms with Crippen LogP contribution in [-0.2, 0) is 9.59 Å². The number of carbonyl (C=O) groups is 2. The largest absolute Gasteiger partial charge is 1.00 e. The van der Waals surface area contributed by atoms with Crippen LogP contribution in [0.1, 0.15) is 85.4 Å². The zero-order valence-corrected chi connectivity index (χ0v) is 17.1. The van der Waals surface area contributed by atoms with Gasteiger partial charge in [-0.1, -0.05) is 58.3 Å². The van der Waals surface area contributed by atoms with Crippen LogP contribution in [-0.4, -0.2) is 23.5 Å². The monoisotopic (exact) mass is 325 g/mol. The molecule has 0 unspecified atom stereocenters. The third-order valence-electron chi connectivity index (χ3n) is 3.40. The molecule has 0 spiro atoms. The van der Waals surface area contributed by atoms with E-state index in [-0.39, 0.29) is 65.1 Å². The summed E-state index contributed by atoms with van der Waals surface area (Å²) in [6.45, 7) is 2.70. The normalized spacial score (nSPS) is 9.95. The van der Waals surface area contributed by atoms with E-state index in [1.807, 2.05) is 0 Å². The molecular weight excluding hydrogens is 293 g/mol. The SMILES string of the molecule is CCCCCCCCCCCC(=O)NCCCC(=O)O.[H-].[K+]. The molecule has 0 rings (SSSR count). The summed E-state index contributed by atoms with van der Waals surface area (Å²) in [5.74, 6) is -0.753. The van der Waals surface area contributed by atoms with Crippen LogP contribution in [0, 0.1) is 0 Å². The number of rotatable bonds is 14. The molecule has 0 fully saturated rings. The van der Waals surface area contributed by atoms with Crippen molar-refractivity contribution >= 4 is 11.9 Å². The molecule has 0 heterocycles. The Morgan fingerprint density at radius 2 is 1.38 bits per heavy atom. The number of hydrogen-bond donors (Lipinski definition) is 2. The first-order valence-electron chi connectivity index (χ1n) is 8.15. The van der Waals surface area contributed by atoms with E-state index < -0.39 is 5.97 Å². The Bertz CT molecular complexity index is 266. The molecular formula is C16H32KNO3. The Morgan fingerprint density at radius 3 is 1.90 bits per heavy atom. The van der Waals surface area contributed by atoms with Crippen LogP contribution in [0.3, 0.4) is 0 Å². The van der Waals surface area contributed by atoms with Crippen LogP contribution < -0.4 is 56.7 Å². The van der Waals surface area contributed by atoms with E-state index in [9.17, 15) is 9.59 Å². The number of carbonyl (C=O) groups excluding carboxylic acids is 1. The molecule has 120 valence electrons. The number of amides is 1. The summed E-state index contributed by atoms with van der Waals surface area (Å²) in [7, 11) is 0. The molecule has 0 atom stereocenters. The van der Waals surface area contributed by atoms with Crippen LogP contribution in [0.2, 0.25) is 0 Å². The average Bonchev–Trinajstić information content (AvgIpc) is 2.41. The summed E-state index contributed by atoms with van der Waals surface area (Å²) in [6.07, 6.45) is 12.4. The Labute approximate surface area is 173 Å². The van der Waals surface area contributed by atoms with Crippen molar-refractivity contribution in [2.45, 2.75) is 84.0 Å². The summed E-state index contributed by atoms with van der Waals surface area (Å²) in [5, 5.41) is 11.2. The molecule has 0 radical (unpaired) electrons. The number of unbranched alkanes of at least 4 members (excludes halogenated alkanes) is 8. The van der Waals surface area contributed by atoms with Gasteiger partial charge in [-0.15, -0.1) is 0 Å². The minimum absolute atomic E-state index is 0. The predicted molar refractivity (Wildman–Crippen MR) is 82.8 cm³/mol. The number of carboxylic acids is 1. The molecule has 0 aliphatic heterocycles. The molecule has 4 nitrogen and oxygen atoms in total. The Morgan fingerprint density at radius 1 is 0.857 bits per heavy atom. The van der Waals surface area contributed by atoms with Crippen LogP contribution >= 0.6 is 0 Å². The van der Waals surface area contributed by atoms with E-state index in [0.717, 1.165) is 12.8 Å². The van der Waals surface area contributed by atoms with Crippen molar-refractivity contribution in [1.82, 2.24) is 5.32 Å². The molecule has 2 N–H and O–H groups in total. The van der Waals surface area contributed by atoms with Crippen LogP contribution in [0.5, 0.6) is 0 Å². The second-order valence-electron chi connectivity index (χ2n) is 5.43. The van der Waals surface area contributed by atoms with Crippen molar-refractivity contribution in [3.63, 3.8) is 0 Å². The van der Waals surface area contributed by atoms with E-state index in [1.54, 1.807) is 0 Å². The first kappa shape index (κ1) is 23.8. The molecule has 0 saturated heterocycles. The third kappa shape index (κ3) is 20.6. The van der Waals surface area contributed by atoms with E-state index >= 15 is 0 Å². The third-order valence-corrected chi connectivity index (χ3v) is 3.40.